The van der Waals surface area contributed by atoms with Crippen LogP contribution in [0.4, 0.5) is 5.69 Å². The lowest BCUT2D eigenvalue weighted by molar-refractivity contribution is -0.126. The number of amides is 2. The van der Waals surface area contributed by atoms with Gasteiger partial charge in [-0.25, -0.2) is 8.42 Å². The maximum absolute atomic E-state index is 13.2. The summed E-state index contributed by atoms with van der Waals surface area (Å²) >= 11 is 5.88. The Morgan fingerprint density at radius 3 is 2.55 bits per heavy atom. The van der Waals surface area contributed by atoms with Gasteiger partial charge in [0, 0.05) is 30.6 Å². The fraction of sp³-hybridized carbons (Fsp3) is 0.391. The molecule has 2 aromatic carbocycles. The number of rotatable bonds is 6. The summed E-state index contributed by atoms with van der Waals surface area (Å²) in [5, 5.41) is 6.27. The number of piperidine rings is 1. The van der Waals surface area contributed by atoms with Crippen LogP contribution < -0.4 is 15.4 Å². The predicted molar refractivity (Wildman–Crippen MR) is 125 cm³/mol. The van der Waals surface area contributed by atoms with E-state index < -0.39 is 16.1 Å². The second-order valence-electron chi connectivity index (χ2n) is 8.18. The zero-order chi connectivity index (χ0) is 23.6. The van der Waals surface area contributed by atoms with Crippen molar-refractivity contribution in [3.63, 3.8) is 0 Å². The van der Waals surface area contributed by atoms with Crippen molar-refractivity contribution in [3.05, 3.63) is 53.1 Å². The molecule has 1 unspecified atom stereocenters. The molecule has 2 aliphatic heterocycles. The molecule has 1 atom stereocenters. The van der Waals surface area contributed by atoms with Gasteiger partial charge in [0.2, 0.25) is 15.9 Å². The van der Waals surface area contributed by atoms with E-state index in [1.807, 2.05) is 19.1 Å². The summed E-state index contributed by atoms with van der Waals surface area (Å²) in [5.41, 5.74) is 1.30. The maximum Gasteiger partial charge on any atom is 0.265 e. The van der Waals surface area contributed by atoms with Gasteiger partial charge >= 0.3 is 0 Å². The van der Waals surface area contributed by atoms with Crippen LogP contribution in [0, 0.1) is 5.92 Å². The fourth-order valence-electron chi connectivity index (χ4n) is 4.00. The molecule has 33 heavy (non-hydrogen) atoms. The van der Waals surface area contributed by atoms with E-state index in [9.17, 15) is 18.0 Å². The first-order valence-electron chi connectivity index (χ1n) is 10.9. The number of carbonyl (C=O) groups is 2. The van der Waals surface area contributed by atoms with Crippen molar-refractivity contribution in [1.29, 1.82) is 0 Å². The minimum absolute atomic E-state index is 0.0823. The van der Waals surface area contributed by atoms with Crippen molar-refractivity contribution in [2.75, 3.05) is 18.4 Å². The lowest BCUT2D eigenvalue weighted by Gasteiger charge is -2.31. The van der Waals surface area contributed by atoms with Gasteiger partial charge in [0.05, 0.1) is 10.6 Å². The fourth-order valence-corrected chi connectivity index (χ4v) is 5.62. The second kappa shape index (κ2) is 9.70. The Morgan fingerprint density at radius 2 is 1.88 bits per heavy atom. The van der Waals surface area contributed by atoms with Gasteiger partial charge in [-0.2, -0.15) is 4.31 Å². The molecule has 0 spiro atoms. The highest BCUT2D eigenvalue weighted by Gasteiger charge is 2.33. The van der Waals surface area contributed by atoms with Gasteiger partial charge in [0.15, 0.2) is 6.10 Å². The summed E-state index contributed by atoms with van der Waals surface area (Å²) in [4.78, 5) is 24.7. The highest BCUT2D eigenvalue weighted by atomic mass is 35.5. The van der Waals surface area contributed by atoms with Crippen LogP contribution in [0.5, 0.6) is 5.75 Å². The number of ether oxygens (including phenoxy) is 1. The maximum atomic E-state index is 13.2. The van der Waals surface area contributed by atoms with Crippen molar-refractivity contribution in [3.8, 4) is 5.75 Å². The number of hydrogen-bond donors (Lipinski definition) is 2. The summed E-state index contributed by atoms with van der Waals surface area (Å²) in [5.74, 6) is -0.159. The van der Waals surface area contributed by atoms with Gasteiger partial charge < -0.3 is 15.4 Å². The molecule has 1 saturated heterocycles. The summed E-state index contributed by atoms with van der Waals surface area (Å²) in [6.07, 6.45) is 0.821. The van der Waals surface area contributed by atoms with E-state index in [2.05, 4.69) is 10.6 Å². The third-order valence-corrected chi connectivity index (χ3v) is 8.13. The Morgan fingerprint density at radius 1 is 1.18 bits per heavy atom. The van der Waals surface area contributed by atoms with Gasteiger partial charge in [0.1, 0.15) is 5.75 Å². The third kappa shape index (κ3) is 5.15. The first-order valence-corrected chi connectivity index (χ1v) is 12.7. The number of benzene rings is 2. The molecule has 2 amide bonds. The van der Waals surface area contributed by atoms with E-state index in [-0.39, 0.29) is 35.7 Å². The van der Waals surface area contributed by atoms with E-state index in [0.29, 0.717) is 42.3 Å². The second-order valence-corrected chi connectivity index (χ2v) is 10.6. The highest BCUT2D eigenvalue weighted by molar-refractivity contribution is 7.89. The number of nitrogens with zero attached hydrogens (tertiary/aromatic N) is 1. The molecule has 0 saturated carbocycles. The van der Waals surface area contributed by atoms with E-state index in [4.69, 9.17) is 16.3 Å². The zero-order valence-corrected chi connectivity index (χ0v) is 19.8. The number of fused-ring (bicyclic) bond motifs is 1. The third-order valence-electron chi connectivity index (χ3n) is 5.98. The van der Waals surface area contributed by atoms with Crippen molar-refractivity contribution in [2.24, 2.45) is 5.92 Å². The van der Waals surface area contributed by atoms with Gasteiger partial charge in [-0.15, -0.1) is 0 Å². The van der Waals surface area contributed by atoms with E-state index in [1.165, 1.54) is 16.4 Å². The van der Waals surface area contributed by atoms with Crippen molar-refractivity contribution >= 4 is 39.1 Å². The molecule has 2 aliphatic rings. The molecule has 2 aromatic rings. The molecule has 2 N–H and O–H groups in total. The zero-order valence-electron chi connectivity index (χ0n) is 18.2. The number of nitrogens with one attached hydrogen (secondary N) is 2. The Balaban J connectivity index is 1.36. The van der Waals surface area contributed by atoms with Crippen LogP contribution in [0.15, 0.2) is 47.4 Å². The number of carbonyl (C=O) groups excluding carboxylic acids is 2. The minimum atomic E-state index is -3.76. The van der Waals surface area contributed by atoms with Crippen molar-refractivity contribution in [2.45, 2.75) is 43.7 Å². The van der Waals surface area contributed by atoms with E-state index in [1.54, 1.807) is 18.2 Å². The molecule has 10 heteroatoms. The Hall–Kier alpha value is -2.62. The monoisotopic (exact) mass is 491 g/mol. The minimum Gasteiger partial charge on any atom is -0.478 e. The molecule has 0 aromatic heterocycles. The molecule has 8 nitrogen and oxygen atoms in total. The molecule has 2 heterocycles. The van der Waals surface area contributed by atoms with Crippen LogP contribution in [-0.4, -0.2) is 43.7 Å². The average Bonchev–Trinajstić information content (AvgIpc) is 2.82. The van der Waals surface area contributed by atoms with Gasteiger partial charge in [0.25, 0.3) is 5.91 Å². The quantitative estimate of drug-likeness (QED) is 0.645. The van der Waals surface area contributed by atoms with Crippen LogP contribution in [0.25, 0.3) is 0 Å². The molecule has 0 aliphatic carbocycles. The molecular formula is C23H26ClN3O5S. The first-order chi connectivity index (χ1) is 15.8. The molecule has 4 rings (SSSR count). The topological polar surface area (TPSA) is 105 Å². The summed E-state index contributed by atoms with van der Waals surface area (Å²) < 4.78 is 33.3. The number of hydrogen-bond acceptors (Lipinski definition) is 5. The normalized spacial score (nSPS) is 19.3. The average molecular weight is 492 g/mol. The van der Waals surface area contributed by atoms with Crippen molar-refractivity contribution in [1.82, 2.24) is 9.62 Å². The smallest absolute Gasteiger partial charge is 0.265 e. The van der Waals surface area contributed by atoms with Gasteiger partial charge in [-0.1, -0.05) is 30.7 Å². The van der Waals surface area contributed by atoms with Crippen LogP contribution in [-0.2, 0) is 26.2 Å². The number of anilines is 1. The summed E-state index contributed by atoms with van der Waals surface area (Å²) in [6, 6.07) is 11.7. The largest absolute Gasteiger partial charge is 0.478 e. The van der Waals surface area contributed by atoms with E-state index >= 15 is 0 Å². The Labute approximate surface area is 198 Å². The molecule has 1 fully saturated rings. The van der Waals surface area contributed by atoms with Crippen LogP contribution in [0.3, 0.4) is 0 Å². The van der Waals surface area contributed by atoms with Crippen LogP contribution >= 0.6 is 11.6 Å². The number of halogens is 1. The molecule has 176 valence electrons. The Kier molecular flexibility index (Phi) is 6.92. The predicted octanol–water partition coefficient (Wildman–Crippen LogP) is 3.17. The molecule has 0 radical (unpaired) electrons. The Bertz CT molecular complexity index is 1150. The molecule has 0 bridgehead atoms. The van der Waals surface area contributed by atoms with E-state index in [0.717, 1.165) is 5.56 Å². The summed E-state index contributed by atoms with van der Waals surface area (Å²) in [7, 11) is -3.76. The van der Waals surface area contributed by atoms with Gasteiger partial charge in [-0.3, -0.25) is 9.59 Å². The number of sulfonamides is 1. The van der Waals surface area contributed by atoms with Crippen LogP contribution in [0.2, 0.25) is 5.02 Å². The SMILES string of the molecule is CCC1Oc2ccc(S(=O)(=O)N3CCC(C(=O)NCc4ccc(Cl)cc4)CC3)cc2NC1=O. The lowest BCUT2D eigenvalue weighted by Crippen LogP contribution is -2.43. The lowest BCUT2D eigenvalue weighted by atomic mass is 9.97. The van der Waals surface area contributed by atoms with Crippen LogP contribution in [0.1, 0.15) is 31.7 Å². The summed E-state index contributed by atoms with van der Waals surface area (Å²) in [6.45, 7) is 2.74. The molecular weight excluding hydrogens is 466 g/mol. The van der Waals surface area contributed by atoms with Crippen molar-refractivity contribution < 1.29 is 22.7 Å². The standard InChI is InChI=1S/C23H26ClN3O5S/c1-2-20-23(29)26-19-13-18(7-8-21(19)32-20)33(30,31)27-11-9-16(10-12-27)22(28)25-14-15-3-5-17(24)6-4-15/h3-8,13,16,20H,2,9-12,14H2,1H3,(H,25,28)(H,26,29). The van der Waals surface area contributed by atoms with Gasteiger partial charge in [-0.05, 0) is 55.2 Å². The first kappa shape index (κ1) is 23.5. The highest BCUT2D eigenvalue weighted by Crippen LogP contribution is 2.34.